The summed E-state index contributed by atoms with van der Waals surface area (Å²) in [4.78, 5) is 17.8. The van der Waals surface area contributed by atoms with E-state index in [-0.39, 0.29) is 12.5 Å². The Labute approximate surface area is 138 Å². The summed E-state index contributed by atoms with van der Waals surface area (Å²) >= 11 is 0. The molecular weight excluding hydrogens is 292 g/mol. The Balaban J connectivity index is 2.62. The molecule has 6 heteroatoms. The summed E-state index contributed by atoms with van der Waals surface area (Å²) in [5.41, 5.74) is 1.08. The molecule has 1 rings (SSSR count). The molecule has 0 bridgehead atoms. The standard InChI is InChI=1S/C17H28N4O2/c1-5-6-11-18-17(20-13-16(22)21(2)3)19-12-14-7-9-15(23-4)10-8-14/h7-10H,5-6,11-13H2,1-4H3,(H2,18,19,20). The number of nitrogens with one attached hydrogen (secondary N) is 2. The van der Waals surface area contributed by atoms with Crippen LogP contribution in [-0.4, -0.2) is 51.1 Å². The van der Waals surface area contributed by atoms with Gasteiger partial charge in [0.05, 0.1) is 20.2 Å². The number of ether oxygens (including phenoxy) is 1. The highest BCUT2D eigenvalue weighted by atomic mass is 16.5. The Morgan fingerprint density at radius 3 is 2.48 bits per heavy atom. The van der Waals surface area contributed by atoms with Crippen molar-refractivity contribution in [3.63, 3.8) is 0 Å². The van der Waals surface area contributed by atoms with Crippen LogP contribution in [0.5, 0.6) is 5.75 Å². The van der Waals surface area contributed by atoms with Gasteiger partial charge in [-0.3, -0.25) is 4.79 Å². The summed E-state index contributed by atoms with van der Waals surface area (Å²) < 4.78 is 5.14. The molecule has 0 unspecified atom stereocenters. The number of carbonyl (C=O) groups excluding carboxylic acids is 1. The van der Waals surface area contributed by atoms with Crippen LogP contribution in [0.25, 0.3) is 0 Å². The van der Waals surface area contributed by atoms with Crippen molar-refractivity contribution in [3.8, 4) is 5.75 Å². The molecule has 0 spiro atoms. The topological polar surface area (TPSA) is 66.0 Å². The van der Waals surface area contributed by atoms with Gasteiger partial charge in [0.2, 0.25) is 5.91 Å². The first kappa shape index (κ1) is 18.8. The Hall–Kier alpha value is -2.24. The molecule has 0 saturated carbocycles. The minimum atomic E-state index is 0.0134. The monoisotopic (exact) mass is 320 g/mol. The molecule has 1 amide bonds. The SMILES string of the molecule is CCCCNC(=NCc1ccc(OC)cc1)NCC(=O)N(C)C. The normalized spacial score (nSPS) is 11.0. The second-order valence-corrected chi connectivity index (χ2v) is 5.43. The van der Waals surface area contributed by atoms with Crippen LogP contribution in [-0.2, 0) is 11.3 Å². The lowest BCUT2D eigenvalue weighted by Crippen LogP contribution is -2.43. The zero-order chi connectivity index (χ0) is 17.1. The van der Waals surface area contributed by atoms with E-state index in [2.05, 4.69) is 22.5 Å². The van der Waals surface area contributed by atoms with Gasteiger partial charge in [-0.05, 0) is 24.1 Å². The third-order valence-corrected chi connectivity index (χ3v) is 3.31. The van der Waals surface area contributed by atoms with Crippen LogP contribution in [0.1, 0.15) is 25.3 Å². The molecule has 1 aromatic rings. The number of methoxy groups -OCH3 is 1. The van der Waals surface area contributed by atoms with Crippen molar-refractivity contribution in [2.45, 2.75) is 26.3 Å². The molecule has 0 saturated heterocycles. The van der Waals surface area contributed by atoms with Crippen LogP contribution in [0, 0.1) is 0 Å². The Morgan fingerprint density at radius 1 is 1.22 bits per heavy atom. The molecule has 23 heavy (non-hydrogen) atoms. The fraction of sp³-hybridized carbons (Fsp3) is 0.529. The molecule has 0 atom stereocenters. The molecule has 0 aromatic heterocycles. The van der Waals surface area contributed by atoms with Crippen molar-refractivity contribution in [3.05, 3.63) is 29.8 Å². The zero-order valence-corrected chi connectivity index (χ0v) is 14.6. The zero-order valence-electron chi connectivity index (χ0n) is 14.6. The van der Waals surface area contributed by atoms with E-state index in [1.807, 2.05) is 24.3 Å². The molecule has 2 N–H and O–H groups in total. The summed E-state index contributed by atoms with van der Waals surface area (Å²) in [6.07, 6.45) is 2.17. The van der Waals surface area contributed by atoms with Crippen LogP contribution in [0.3, 0.4) is 0 Å². The number of guanidine groups is 1. The first-order valence-corrected chi connectivity index (χ1v) is 7.92. The average molecular weight is 320 g/mol. The van der Waals surface area contributed by atoms with Crippen molar-refractivity contribution < 1.29 is 9.53 Å². The molecular formula is C17H28N4O2. The number of benzene rings is 1. The Bertz CT molecular complexity index is 498. The van der Waals surface area contributed by atoms with E-state index in [9.17, 15) is 4.79 Å². The maximum Gasteiger partial charge on any atom is 0.241 e. The number of amides is 1. The summed E-state index contributed by atoms with van der Waals surface area (Å²) in [5.74, 6) is 1.50. The van der Waals surface area contributed by atoms with Crippen LogP contribution in [0.4, 0.5) is 0 Å². The molecule has 128 valence electrons. The van der Waals surface area contributed by atoms with Crippen molar-refractivity contribution in [1.82, 2.24) is 15.5 Å². The van der Waals surface area contributed by atoms with Gasteiger partial charge in [0.1, 0.15) is 5.75 Å². The molecule has 0 radical (unpaired) electrons. The molecule has 0 aliphatic rings. The van der Waals surface area contributed by atoms with E-state index in [4.69, 9.17) is 4.74 Å². The fourth-order valence-corrected chi connectivity index (χ4v) is 1.78. The predicted molar refractivity (Wildman–Crippen MR) is 93.7 cm³/mol. The molecule has 0 aliphatic heterocycles. The molecule has 0 heterocycles. The van der Waals surface area contributed by atoms with E-state index < -0.39 is 0 Å². The lowest BCUT2D eigenvalue weighted by atomic mass is 10.2. The Morgan fingerprint density at radius 2 is 1.91 bits per heavy atom. The number of rotatable bonds is 8. The summed E-state index contributed by atoms with van der Waals surface area (Å²) in [5, 5.41) is 6.33. The van der Waals surface area contributed by atoms with Gasteiger partial charge in [-0.25, -0.2) is 4.99 Å². The molecule has 1 aromatic carbocycles. The summed E-state index contributed by atoms with van der Waals surface area (Å²) in [7, 11) is 5.12. The van der Waals surface area contributed by atoms with Gasteiger partial charge in [0.15, 0.2) is 5.96 Å². The van der Waals surface area contributed by atoms with Crippen LogP contribution < -0.4 is 15.4 Å². The smallest absolute Gasteiger partial charge is 0.241 e. The number of hydrogen-bond acceptors (Lipinski definition) is 3. The number of nitrogens with zero attached hydrogens (tertiary/aromatic N) is 2. The number of aliphatic imine (C=N–C) groups is 1. The van der Waals surface area contributed by atoms with E-state index >= 15 is 0 Å². The second kappa shape index (κ2) is 10.5. The van der Waals surface area contributed by atoms with Gasteiger partial charge in [-0.1, -0.05) is 25.5 Å². The lowest BCUT2D eigenvalue weighted by molar-refractivity contribution is -0.127. The van der Waals surface area contributed by atoms with E-state index in [1.54, 1.807) is 26.1 Å². The number of likely N-dealkylation sites (N-methyl/N-ethyl adjacent to an activating group) is 1. The van der Waals surface area contributed by atoms with Crippen molar-refractivity contribution in [1.29, 1.82) is 0 Å². The van der Waals surface area contributed by atoms with Crippen LogP contribution >= 0.6 is 0 Å². The van der Waals surface area contributed by atoms with Gasteiger partial charge < -0.3 is 20.3 Å². The number of unbranched alkanes of at least 4 members (excludes halogenated alkanes) is 1. The maximum absolute atomic E-state index is 11.7. The van der Waals surface area contributed by atoms with Gasteiger partial charge in [0, 0.05) is 20.6 Å². The van der Waals surface area contributed by atoms with Gasteiger partial charge in [-0.15, -0.1) is 0 Å². The average Bonchev–Trinajstić information content (AvgIpc) is 2.57. The highest BCUT2D eigenvalue weighted by Crippen LogP contribution is 2.11. The third-order valence-electron chi connectivity index (χ3n) is 3.31. The molecule has 0 aliphatic carbocycles. The first-order chi connectivity index (χ1) is 11.1. The minimum absolute atomic E-state index is 0.0134. The molecule has 6 nitrogen and oxygen atoms in total. The summed E-state index contributed by atoms with van der Waals surface area (Å²) in [6.45, 7) is 3.75. The highest BCUT2D eigenvalue weighted by molar-refractivity contribution is 5.86. The van der Waals surface area contributed by atoms with Crippen molar-refractivity contribution in [2.24, 2.45) is 4.99 Å². The van der Waals surface area contributed by atoms with Gasteiger partial charge in [-0.2, -0.15) is 0 Å². The van der Waals surface area contributed by atoms with E-state index in [1.165, 1.54) is 0 Å². The van der Waals surface area contributed by atoms with Gasteiger partial charge in [0.25, 0.3) is 0 Å². The quantitative estimate of drug-likeness (QED) is 0.434. The van der Waals surface area contributed by atoms with Crippen LogP contribution in [0.15, 0.2) is 29.3 Å². The van der Waals surface area contributed by atoms with Crippen LogP contribution in [0.2, 0.25) is 0 Å². The Kier molecular flexibility index (Phi) is 8.57. The number of carbonyl (C=O) groups is 1. The van der Waals surface area contributed by atoms with Crippen molar-refractivity contribution >= 4 is 11.9 Å². The maximum atomic E-state index is 11.7. The molecule has 0 fully saturated rings. The number of hydrogen-bond donors (Lipinski definition) is 2. The van der Waals surface area contributed by atoms with E-state index in [0.717, 1.165) is 30.7 Å². The first-order valence-electron chi connectivity index (χ1n) is 7.92. The lowest BCUT2D eigenvalue weighted by Gasteiger charge is -2.15. The minimum Gasteiger partial charge on any atom is -0.497 e. The largest absolute Gasteiger partial charge is 0.497 e. The highest BCUT2D eigenvalue weighted by Gasteiger charge is 2.05. The van der Waals surface area contributed by atoms with Gasteiger partial charge >= 0.3 is 0 Å². The third kappa shape index (κ3) is 7.54. The fourth-order valence-electron chi connectivity index (χ4n) is 1.78. The predicted octanol–water partition coefficient (Wildman–Crippen LogP) is 1.62. The second-order valence-electron chi connectivity index (χ2n) is 5.43. The summed E-state index contributed by atoms with van der Waals surface area (Å²) in [6, 6.07) is 7.80. The van der Waals surface area contributed by atoms with E-state index in [0.29, 0.717) is 12.5 Å². The van der Waals surface area contributed by atoms with Crippen molar-refractivity contribution in [2.75, 3.05) is 34.3 Å².